The van der Waals surface area contributed by atoms with Gasteiger partial charge in [-0.3, -0.25) is 0 Å². The first-order chi connectivity index (χ1) is 11.7. The van der Waals surface area contributed by atoms with E-state index in [4.69, 9.17) is 14.2 Å². The van der Waals surface area contributed by atoms with Crippen LogP contribution in [-0.4, -0.2) is 61.4 Å². The van der Waals surface area contributed by atoms with Crippen molar-refractivity contribution in [2.75, 3.05) is 44.4 Å². The van der Waals surface area contributed by atoms with E-state index in [1.54, 1.807) is 0 Å². The Hall–Kier alpha value is -1.24. The lowest BCUT2D eigenvalue weighted by Crippen LogP contribution is -2.66. The van der Waals surface area contributed by atoms with Crippen LogP contribution < -0.4 is 4.90 Å². The van der Waals surface area contributed by atoms with Gasteiger partial charge < -0.3 is 19.1 Å². The van der Waals surface area contributed by atoms with Crippen molar-refractivity contribution in [3.05, 3.63) is 17.8 Å². The zero-order valence-corrected chi connectivity index (χ0v) is 14.4. The molecule has 0 saturated carbocycles. The lowest BCUT2D eigenvalue weighted by Gasteiger charge is -2.53. The second-order valence-corrected chi connectivity index (χ2v) is 7.42. The van der Waals surface area contributed by atoms with E-state index in [1.807, 2.05) is 19.1 Å². The van der Waals surface area contributed by atoms with Gasteiger partial charge in [-0.05, 0) is 44.2 Å². The average molecular weight is 333 g/mol. The van der Waals surface area contributed by atoms with E-state index < -0.39 is 0 Å². The zero-order valence-electron chi connectivity index (χ0n) is 14.4. The first kappa shape index (κ1) is 16.2. The van der Waals surface area contributed by atoms with Gasteiger partial charge in [-0.2, -0.15) is 5.10 Å². The molecule has 3 aliphatic heterocycles. The van der Waals surface area contributed by atoms with Gasteiger partial charge in [0.15, 0.2) is 5.82 Å². The van der Waals surface area contributed by atoms with Crippen molar-refractivity contribution >= 4 is 5.82 Å². The quantitative estimate of drug-likeness (QED) is 0.840. The number of ether oxygens (including phenoxy) is 3. The molecular weight excluding hydrogens is 306 g/mol. The maximum atomic E-state index is 6.23. The van der Waals surface area contributed by atoms with Gasteiger partial charge >= 0.3 is 0 Å². The Morgan fingerprint density at radius 1 is 1.17 bits per heavy atom. The summed E-state index contributed by atoms with van der Waals surface area (Å²) in [6, 6.07) is 4.05. The highest BCUT2D eigenvalue weighted by Gasteiger charge is 2.48. The molecular formula is C18H27N3O3. The third kappa shape index (κ3) is 3.55. The molecule has 1 aromatic rings. The van der Waals surface area contributed by atoms with Crippen molar-refractivity contribution in [2.45, 2.75) is 44.3 Å². The van der Waals surface area contributed by atoms with Gasteiger partial charge in [0, 0.05) is 32.8 Å². The molecule has 0 aliphatic carbocycles. The molecule has 0 bridgehead atoms. The summed E-state index contributed by atoms with van der Waals surface area (Å²) in [5, 5.41) is 8.42. The van der Waals surface area contributed by atoms with E-state index in [-0.39, 0.29) is 5.60 Å². The van der Waals surface area contributed by atoms with E-state index in [2.05, 4.69) is 15.1 Å². The van der Waals surface area contributed by atoms with E-state index in [0.717, 1.165) is 76.7 Å². The standard InChI is InChI=1S/C18H27N3O3/c1-14-2-3-17(20-19-14)21-12-18(13-21)10-16(6-9-24-18)23-11-15-4-7-22-8-5-15/h2-3,15-16H,4-13H2,1H3. The lowest BCUT2D eigenvalue weighted by molar-refractivity contribution is -0.150. The van der Waals surface area contributed by atoms with Gasteiger partial charge in [0.1, 0.15) is 5.60 Å². The highest BCUT2D eigenvalue weighted by Crippen LogP contribution is 2.37. The monoisotopic (exact) mass is 333 g/mol. The fraction of sp³-hybridized carbons (Fsp3) is 0.778. The molecule has 1 spiro atoms. The first-order valence-corrected chi connectivity index (χ1v) is 9.11. The molecule has 24 heavy (non-hydrogen) atoms. The van der Waals surface area contributed by atoms with E-state index in [0.29, 0.717) is 12.0 Å². The Morgan fingerprint density at radius 2 is 2.00 bits per heavy atom. The highest BCUT2D eigenvalue weighted by atomic mass is 16.5. The molecule has 3 aliphatic rings. The van der Waals surface area contributed by atoms with E-state index >= 15 is 0 Å². The second-order valence-electron chi connectivity index (χ2n) is 7.42. The summed E-state index contributed by atoms with van der Waals surface area (Å²) in [6.45, 7) is 7.18. The molecule has 0 radical (unpaired) electrons. The van der Waals surface area contributed by atoms with Crippen LogP contribution in [0.3, 0.4) is 0 Å². The van der Waals surface area contributed by atoms with Crippen LogP contribution in [0.4, 0.5) is 5.82 Å². The Kier molecular flexibility index (Phi) is 4.70. The summed E-state index contributed by atoms with van der Waals surface area (Å²) in [6.07, 6.45) is 4.59. The van der Waals surface area contributed by atoms with Gasteiger partial charge in [0.25, 0.3) is 0 Å². The van der Waals surface area contributed by atoms with Crippen LogP contribution in [-0.2, 0) is 14.2 Å². The van der Waals surface area contributed by atoms with Crippen molar-refractivity contribution in [2.24, 2.45) is 5.92 Å². The number of aryl methyl sites for hydroxylation is 1. The number of anilines is 1. The molecule has 4 rings (SSSR count). The molecule has 0 aromatic carbocycles. The molecule has 132 valence electrons. The topological polar surface area (TPSA) is 56.7 Å². The first-order valence-electron chi connectivity index (χ1n) is 9.11. The van der Waals surface area contributed by atoms with E-state index in [9.17, 15) is 0 Å². The van der Waals surface area contributed by atoms with Crippen molar-refractivity contribution in [1.82, 2.24) is 10.2 Å². The maximum absolute atomic E-state index is 6.23. The normalized spacial score (nSPS) is 27.2. The van der Waals surface area contributed by atoms with Gasteiger partial charge in [-0.1, -0.05) is 0 Å². The summed E-state index contributed by atoms with van der Waals surface area (Å²) in [7, 11) is 0. The molecule has 1 aromatic heterocycles. The van der Waals surface area contributed by atoms with Crippen molar-refractivity contribution < 1.29 is 14.2 Å². The van der Waals surface area contributed by atoms with Crippen molar-refractivity contribution in [3.8, 4) is 0 Å². The molecule has 0 amide bonds. The fourth-order valence-electron chi connectivity index (χ4n) is 3.90. The number of hydrogen-bond acceptors (Lipinski definition) is 6. The Balaban J connectivity index is 1.27. The third-order valence-electron chi connectivity index (χ3n) is 5.42. The van der Waals surface area contributed by atoms with E-state index in [1.165, 1.54) is 0 Å². The molecule has 3 saturated heterocycles. The molecule has 6 nitrogen and oxygen atoms in total. The van der Waals surface area contributed by atoms with Gasteiger partial charge in [-0.15, -0.1) is 5.10 Å². The SMILES string of the molecule is Cc1ccc(N2CC3(CC(OCC4CCOCC4)CCO3)C2)nn1. The Morgan fingerprint density at radius 3 is 2.75 bits per heavy atom. The second kappa shape index (κ2) is 6.94. The summed E-state index contributed by atoms with van der Waals surface area (Å²) >= 11 is 0. The zero-order chi connectivity index (χ0) is 16.4. The largest absolute Gasteiger partial charge is 0.381 e. The van der Waals surface area contributed by atoms with Crippen LogP contribution in [0.2, 0.25) is 0 Å². The number of hydrogen-bond donors (Lipinski definition) is 0. The van der Waals surface area contributed by atoms with Crippen LogP contribution >= 0.6 is 0 Å². The maximum Gasteiger partial charge on any atom is 0.151 e. The van der Waals surface area contributed by atoms with Gasteiger partial charge in [0.05, 0.1) is 24.9 Å². The van der Waals surface area contributed by atoms with Crippen molar-refractivity contribution in [1.29, 1.82) is 0 Å². The predicted molar refractivity (Wildman–Crippen MR) is 90.2 cm³/mol. The van der Waals surface area contributed by atoms with Crippen LogP contribution in [0.1, 0.15) is 31.4 Å². The highest BCUT2D eigenvalue weighted by molar-refractivity contribution is 5.43. The van der Waals surface area contributed by atoms with Crippen LogP contribution in [0.15, 0.2) is 12.1 Å². The number of rotatable bonds is 4. The molecule has 1 atom stereocenters. The Bertz CT molecular complexity index is 539. The summed E-state index contributed by atoms with van der Waals surface area (Å²) in [4.78, 5) is 2.24. The fourth-order valence-corrected chi connectivity index (χ4v) is 3.90. The molecule has 4 heterocycles. The number of nitrogens with zero attached hydrogens (tertiary/aromatic N) is 3. The molecule has 6 heteroatoms. The summed E-state index contributed by atoms with van der Waals surface area (Å²) in [5.74, 6) is 1.61. The van der Waals surface area contributed by atoms with Gasteiger partial charge in [-0.25, -0.2) is 0 Å². The van der Waals surface area contributed by atoms with Crippen molar-refractivity contribution in [3.63, 3.8) is 0 Å². The minimum atomic E-state index is -0.0504. The average Bonchev–Trinajstić information content (AvgIpc) is 2.60. The third-order valence-corrected chi connectivity index (χ3v) is 5.42. The smallest absolute Gasteiger partial charge is 0.151 e. The minimum absolute atomic E-state index is 0.0504. The molecule has 0 N–H and O–H groups in total. The predicted octanol–water partition coefficient (Wildman–Crippen LogP) is 1.97. The van der Waals surface area contributed by atoms with Crippen LogP contribution in [0.5, 0.6) is 0 Å². The summed E-state index contributed by atoms with van der Waals surface area (Å²) in [5.41, 5.74) is 0.898. The number of aromatic nitrogens is 2. The van der Waals surface area contributed by atoms with Crippen LogP contribution in [0, 0.1) is 12.8 Å². The molecule has 3 fully saturated rings. The Labute approximate surface area is 143 Å². The van der Waals surface area contributed by atoms with Crippen LogP contribution in [0.25, 0.3) is 0 Å². The molecule has 1 unspecified atom stereocenters. The minimum Gasteiger partial charge on any atom is -0.381 e. The lowest BCUT2D eigenvalue weighted by atomic mass is 9.84. The van der Waals surface area contributed by atoms with Gasteiger partial charge in [0.2, 0.25) is 0 Å². The summed E-state index contributed by atoms with van der Waals surface area (Å²) < 4.78 is 17.8.